The van der Waals surface area contributed by atoms with Crippen molar-refractivity contribution < 1.29 is 9.47 Å². The molecule has 0 saturated heterocycles. The lowest BCUT2D eigenvalue weighted by Gasteiger charge is -2.17. The van der Waals surface area contributed by atoms with Crippen LogP contribution in [0.5, 0.6) is 0 Å². The zero-order valence-corrected chi connectivity index (χ0v) is 6.57. The van der Waals surface area contributed by atoms with Gasteiger partial charge in [-0.25, -0.2) is 0 Å². The minimum absolute atomic E-state index is 0.0600. The van der Waals surface area contributed by atoms with Crippen LogP contribution in [0.2, 0.25) is 0 Å². The second-order valence-electron chi connectivity index (χ2n) is 2.52. The molecule has 1 radical (unpaired) electrons. The first kappa shape index (κ1) is 7.22. The van der Waals surface area contributed by atoms with Crippen LogP contribution in [0.4, 0.5) is 0 Å². The predicted molar refractivity (Wildman–Crippen MR) is 45.0 cm³/mol. The summed E-state index contributed by atoms with van der Waals surface area (Å²) < 4.78 is 10.3. The molecule has 0 aromatic rings. The van der Waals surface area contributed by atoms with Crippen molar-refractivity contribution in [1.29, 1.82) is 0 Å². The minimum Gasteiger partial charge on any atom is -0.497 e. The van der Waals surface area contributed by atoms with Crippen LogP contribution in [0.15, 0.2) is 42.4 Å². The third-order valence-electron chi connectivity index (χ3n) is 1.71. The van der Waals surface area contributed by atoms with Crippen molar-refractivity contribution in [3.05, 3.63) is 48.5 Å². The van der Waals surface area contributed by atoms with Gasteiger partial charge in [0.05, 0.1) is 12.5 Å². The Morgan fingerprint density at radius 3 is 3.08 bits per heavy atom. The van der Waals surface area contributed by atoms with Gasteiger partial charge in [0.15, 0.2) is 0 Å². The van der Waals surface area contributed by atoms with Gasteiger partial charge in [-0.1, -0.05) is 6.08 Å². The van der Waals surface area contributed by atoms with Crippen molar-refractivity contribution in [1.82, 2.24) is 0 Å². The van der Waals surface area contributed by atoms with Gasteiger partial charge in [0.25, 0.3) is 0 Å². The number of allylic oxidation sites excluding steroid dienone is 2. The van der Waals surface area contributed by atoms with Gasteiger partial charge in [-0.05, 0) is 23.8 Å². The Hall–Kier alpha value is -1.44. The average Bonchev–Trinajstić information content (AvgIpc) is 2.21. The highest BCUT2D eigenvalue weighted by atomic mass is 16.5. The van der Waals surface area contributed by atoms with E-state index >= 15 is 0 Å². The summed E-state index contributed by atoms with van der Waals surface area (Å²) >= 11 is 0. The molecule has 2 aliphatic rings. The van der Waals surface area contributed by atoms with Crippen LogP contribution in [0.3, 0.4) is 0 Å². The van der Waals surface area contributed by atoms with Gasteiger partial charge < -0.3 is 9.47 Å². The molecule has 61 valence electrons. The van der Waals surface area contributed by atoms with Crippen molar-refractivity contribution in [2.75, 3.05) is 6.61 Å². The van der Waals surface area contributed by atoms with Crippen molar-refractivity contribution in [3.8, 4) is 0 Å². The lowest BCUT2D eigenvalue weighted by atomic mass is 10.1. The smallest absolute Gasteiger partial charge is 0.148 e. The molecule has 0 aromatic carbocycles. The minimum atomic E-state index is -0.0600. The maximum absolute atomic E-state index is 5.32. The summed E-state index contributed by atoms with van der Waals surface area (Å²) in [5.74, 6) is 0. The molecule has 0 amide bonds. The van der Waals surface area contributed by atoms with Crippen LogP contribution in [0.25, 0.3) is 0 Å². The highest BCUT2D eigenvalue weighted by molar-refractivity contribution is 5.28. The first-order valence-corrected chi connectivity index (χ1v) is 3.85. The standard InChI is InChI=1S/C10H9O2/c1-2-6-12-10(3-1)9-4-7-11-8-5-9/h1-2,4-7,10H,8H2. The molecule has 2 heteroatoms. The fourth-order valence-corrected chi connectivity index (χ4v) is 1.11. The lowest BCUT2D eigenvalue weighted by molar-refractivity contribution is 0.204. The van der Waals surface area contributed by atoms with Crippen molar-refractivity contribution >= 4 is 0 Å². The molecular weight excluding hydrogens is 152 g/mol. The average molecular weight is 161 g/mol. The fourth-order valence-electron chi connectivity index (χ4n) is 1.11. The summed E-state index contributed by atoms with van der Waals surface area (Å²) in [7, 11) is 0. The molecule has 0 fully saturated rings. The Morgan fingerprint density at radius 2 is 2.42 bits per heavy atom. The van der Waals surface area contributed by atoms with Crippen LogP contribution in [0, 0.1) is 6.08 Å². The Kier molecular flexibility index (Phi) is 1.99. The van der Waals surface area contributed by atoms with E-state index in [4.69, 9.17) is 9.47 Å². The van der Waals surface area contributed by atoms with Gasteiger partial charge in [-0.2, -0.15) is 0 Å². The number of hydrogen-bond acceptors (Lipinski definition) is 2. The molecule has 12 heavy (non-hydrogen) atoms. The summed E-state index contributed by atoms with van der Waals surface area (Å²) in [6.45, 7) is 0.622. The van der Waals surface area contributed by atoms with Crippen LogP contribution in [0.1, 0.15) is 0 Å². The molecule has 2 heterocycles. The summed E-state index contributed by atoms with van der Waals surface area (Å²) in [5, 5.41) is 0. The summed E-state index contributed by atoms with van der Waals surface area (Å²) in [6, 6.07) is 0. The van der Waals surface area contributed by atoms with E-state index in [9.17, 15) is 0 Å². The number of ether oxygens (including phenoxy) is 2. The molecule has 2 nitrogen and oxygen atoms in total. The van der Waals surface area contributed by atoms with Crippen LogP contribution < -0.4 is 0 Å². The molecule has 0 saturated carbocycles. The molecule has 0 N–H and O–H groups in total. The highest BCUT2D eigenvalue weighted by Gasteiger charge is 2.11. The third-order valence-corrected chi connectivity index (χ3v) is 1.71. The molecule has 0 aliphatic carbocycles. The molecular formula is C10H9O2. The number of hydrogen-bond donors (Lipinski definition) is 0. The predicted octanol–water partition coefficient (Wildman–Crippen LogP) is 1.73. The maximum Gasteiger partial charge on any atom is 0.148 e. The topological polar surface area (TPSA) is 18.5 Å². The second kappa shape index (κ2) is 3.30. The maximum atomic E-state index is 5.32. The van der Waals surface area contributed by atoms with Gasteiger partial charge in [0.2, 0.25) is 0 Å². The largest absolute Gasteiger partial charge is 0.497 e. The third kappa shape index (κ3) is 1.42. The monoisotopic (exact) mass is 161 g/mol. The molecule has 0 spiro atoms. The zero-order chi connectivity index (χ0) is 8.23. The van der Waals surface area contributed by atoms with Crippen LogP contribution in [-0.2, 0) is 9.47 Å². The SMILES string of the molecule is [C]1=CC=COC1C1=CCOC=C1. The van der Waals surface area contributed by atoms with E-state index < -0.39 is 0 Å². The summed E-state index contributed by atoms with van der Waals surface area (Å²) in [5.41, 5.74) is 1.10. The van der Waals surface area contributed by atoms with E-state index in [0.29, 0.717) is 6.61 Å². The van der Waals surface area contributed by atoms with E-state index in [2.05, 4.69) is 6.08 Å². The molecule has 0 aromatic heterocycles. The van der Waals surface area contributed by atoms with Gasteiger partial charge in [0, 0.05) is 6.08 Å². The molecule has 1 atom stereocenters. The molecule has 1 unspecified atom stereocenters. The fraction of sp³-hybridized carbons (Fsp3) is 0.200. The quantitative estimate of drug-likeness (QED) is 0.583. The zero-order valence-electron chi connectivity index (χ0n) is 6.57. The van der Waals surface area contributed by atoms with E-state index in [-0.39, 0.29) is 6.10 Å². The van der Waals surface area contributed by atoms with Gasteiger partial charge in [0.1, 0.15) is 12.7 Å². The van der Waals surface area contributed by atoms with Crippen molar-refractivity contribution in [3.63, 3.8) is 0 Å². The molecule has 2 rings (SSSR count). The van der Waals surface area contributed by atoms with E-state index in [1.165, 1.54) is 0 Å². The van der Waals surface area contributed by atoms with Crippen LogP contribution in [-0.4, -0.2) is 12.7 Å². The van der Waals surface area contributed by atoms with Gasteiger partial charge in [-0.15, -0.1) is 0 Å². The molecule has 2 aliphatic heterocycles. The Labute approximate surface area is 71.5 Å². The number of rotatable bonds is 1. The Morgan fingerprint density at radius 1 is 1.42 bits per heavy atom. The molecule has 0 bridgehead atoms. The first-order chi connectivity index (χ1) is 5.97. The van der Waals surface area contributed by atoms with Crippen molar-refractivity contribution in [2.24, 2.45) is 0 Å². The van der Waals surface area contributed by atoms with E-state index in [1.807, 2.05) is 24.3 Å². The van der Waals surface area contributed by atoms with E-state index in [1.54, 1.807) is 12.5 Å². The normalized spacial score (nSPS) is 26.0. The van der Waals surface area contributed by atoms with Crippen LogP contribution >= 0.6 is 0 Å². The lowest BCUT2D eigenvalue weighted by Crippen LogP contribution is -2.13. The summed E-state index contributed by atoms with van der Waals surface area (Å²) in [6.07, 6.45) is 13.9. The Bertz CT molecular complexity index is 272. The first-order valence-electron chi connectivity index (χ1n) is 3.85. The van der Waals surface area contributed by atoms with E-state index in [0.717, 1.165) is 5.57 Å². The van der Waals surface area contributed by atoms with Gasteiger partial charge in [-0.3, -0.25) is 0 Å². The highest BCUT2D eigenvalue weighted by Crippen LogP contribution is 2.15. The second-order valence-corrected chi connectivity index (χ2v) is 2.52. The van der Waals surface area contributed by atoms with Crippen molar-refractivity contribution in [2.45, 2.75) is 6.10 Å². The van der Waals surface area contributed by atoms with Gasteiger partial charge >= 0.3 is 0 Å². The Balaban J connectivity index is 2.09. The summed E-state index contributed by atoms with van der Waals surface area (Å²) in [4.78, 5) is 0.